The van der Waals surface area contributed by atoms with Gasteiger partial charge in [0.1, 0.15) is 18.0 Å². The van der Waals surface area contributed by atoms with Gasteiger partial charge in [-0.25, -0.2) is 4.39 Å². The average molecular weight is 405 g/mol. The van der Waals surface area contributed by atoms with Crippen LogP contribution >= 0.6 is 27.5 Å². The van der Waals surface area contributed by atoms with Gasteiger partial charge < -0.3 is 10.1 Å². The number of hydrogen-bond donors (Lipinski definition) is 1. The molecule has 9 heteroatoms. The van der Waals surface area contributed by atoms with Gasteiger partial charge in [0, 0.05) is 10.0 Å². The second-order valence-electron chi connectivity index (χ2n) is 4.81. The molecule has 2 atom stereocenters. The van der Waals surface area contributed by atoms with Gasteiger partial charge in [-0.05, 0) is 24.6 Å². The first kappa shape index (κ1) is 17.5. The predicted octanol–water partition coefficient (Wildman–Crippen LogP) is 3.84. The molecule has 1 aliphatic heterocycles. The standard InChI is InChI=1S/C13H11BrClF4NO2/c1-2-11(8-5-7(14)3-4-9(8)16)12(15,13(17,18)19)22-6-10(21)20-11/h3-5H,2,6H2,1H3,(H,20,21). The van der Waals surface area contributed by atoms with Crippen molar-refractivity contribution in [1.29, 1.82) is 0 Å². The van der Waals surface area contributed by atoms with Gasteiger partial charge in [0.2, 0.25) is 5.91 Å². The topological polar surface area (TPSA) is 38.3 Å². The number of ether oxygens (including phenoxy) is 1. The van der Waals surface area contributed by atoms with E-state index in [1.807, 2.05) is 0 Å². The summed E-state index contributed by atoms with van der Waals surface area (Å²) in [7, 11) is 0. The molecule has 0 radical (unpaired) electrons. The van der Waals surface area contributed by atoms with Crippen LogP contribution in [-0.4, -0.2) is 23.8 Å². The van der Waals surface area contributed by atoms with Crippen molar-refractivity contribution in [2.45, 2.75) is 30.1 Å². The number of nitrogens with one attached hydrogen (secondary N) is 1. The van der Waals surface area contributed by atoms with Crippen LogP contribution in [0.3, 0.4) is 0 Å². The number of carbonyl (C=O) groups excluding carboxylic acids is 1. The Balaban J connectivity index is 2.75. The zero-order valence-electron chi connectivity index (χ0n) is 11.2. The fourth-order valence-electron chi connectivity index (χ4n) is 2.54. The molecular weight excluding hydrogens is 393 g/mol. The van der Waals surface area contributed by atoms with Gasteiger partial charge >= 0.3 is 6.18 Å². The number of hydrogen-bond acceptors (Lipinski definition) is 2. The highest BCUT2D eigenvalue weighted by atomic mass is 79.9. The molecule has 0 aliphatic carbocycles. The molecule has 0 saturated carbocycles. The molecule has 122 valence electrons. The monoisotopic (exact) mass is 403 g/mol. The highest BCUT2D eigenvalue weighted by Crippen LogP contribution is 2.53. The van der Waals surface area contributed by atoms with Crippen molar-refractivity contribution in [3.8, 4) is 0 Å². The Kier molecular flexibility index (Phi) is 4.49. The molecule has 3 nitrogen and oxygen atoms in total. The molecule has 0 spiro atoms. The summed E-state index contributed by atoms with van der Waals surface area (Å²) in [5.41, 5.74) is -2.68. The third-order valence-corrected chi connectivity index (χ3v) is 4.73. The van der Waals surface area contributed by atoms with E-state index in [4.69, 9.17) is 11.6 Å². The maximum absolute atomic E-state index is 14.2. The van der Waals surface area contributed by atoms with Gasteiger partial charge in [0.15, 0.2) is 0 Å². The van der Waals surface area contributed by atoms with Gasteiger partial charge in [-0.2, -0.15) is 13.2 Å². The normalized spacial score (nSPS) is 29.3. The van der Waals surface area contributed by atoms with Gasteiger partial charge in [0.25, 0.3) is 5.06 Å². The summed E-state index contributed by atoms with van der Waals surface area (Å²) in [6, 6.07) is 3.47. The Morgan fingerprint density at radius 2 is 2.09 bits per heavy atom. The van der Waals surface area contributed by atoms with Crippen molar-refractivity contribution in [2.75, 3.05) is 6.61 Å². The molecule has 1 aliphatic rings. The summed E-state index contributed by atoms with van der Waals surface area (Å²) in [5.74, 6) is -1.73. The van der Waals surface area contributed by atoms with E-state index in [1.54, 1.807) is 0 Å². The molecule has 1 heterocycles. The number of rotatable bonds is 2. The smallest absolute Gasteiger partial charge is 0.340 e. The maximum Gasteiger partial charge on any atom is 0.434 e. The Morgan fingerprint density at radius 1 is 1.45 bits per heavy atom. The second kappa shape index (κ2) is 5.65. The maximum atomic E-state index is 14.2. The van der Waals surface area contributed by atoms with E-state index in [-0.39, 0.29) is 6.42 Å². The number of halogens is 6. The van der Waals surface area contributed by atoms with Crippen LogP contribution < -0.4 is 5.32 Å². The molecule has 22 heavy (non-hydrogen) atoms. The van der Waals surface area contributed by atoms with Crippen molar-refractivity contribution >= 4 is 33.4 Å². The van der Waals surface area contributed by atoms with Crippen LogP contribution in [-0.2, 0) is 15.1 Å². The van der Waals surface area contributed by atoms with Crippen LogP contribution in [0.25, 0.3) is 0 Å². The third kappa shape index (κ3) is 2.51. The number of morpholine rings is 1. The Labute approximate surface area is 137 Å². The van der Waals surface area contributed by atoms with Crippen molar-refractivity contribution in [2.24, 2.45) is 0 Å². The quantitative estimate of drug-likeness (QED) is 0.601. The van der Waals surface area contributed by atoms with Gasteiger partial charge in [-0.1, -0.05) is 34.5 Å². The summed E-state index contributed by atoms with van der Waals surface area (Å²) < 4.78 is 59.7. The van der Waals surface area contributed by atoms with Crippen LogP contribution in [0.5, 0.6) is 0 Å². The molecule has 1 fully saturated rings. The predicted molar refractivity (Wildman–Crippen MR) is 74.8 cm³/mol. The fraction of sp³-hybridized carbons (Fsp3) is 0.462. The first-order valence-electron chi connectivity index (χ1n) is 6.23. The van der Waals surface area contributed by atoms with Crippen molar-refractivity contribution in [1.82, 2.24) is 5.32 Å². The number of amides is 1. The van der Waals surface area contributed by atoms with Crippen LogP contribution in [0.4, 0.5) is 17.6 Å². The highest BCUT2D eigenvalue weighted by molar-refractivity contribution is 9.10. The third-order valence-electron chi connectivity index (χ3n) is 3.59. The zero-order valence-corrected chi connectivity index (χ0v) is 13.6. The van der Waals surface area contributed by atoms with E-state index < -0.39 is 40.7 Å². The lowest BCUT2D eigenvalue weighted by Gasteiger charge is -2.49. The summed E-state index contributed by atoms with van der Waals surface area (Å²) in [5, 5.41) is -1.09. The zero-order chi connectivity index (χ0) is 16.8. The molecule has 1 aromatic carbocycles. The van der Waals surface area contributed by atoms with Crippen LogP contribution in [0.2, 0.25) is 0 Å². The summed E-state index contributed by atoms with van der Waals surface area (Å²) in [6.45, 7) is 0.499. The number of carbonyl (C=O) groups is 1. The van der Waals surface area contributed by atoms with E-state index in [1.165, 1.54) is 13.0 Å². The second-order valence-corrected chi connectivity index (χ2v) is 6.26. The molecule has 1 N–H and O–H groups in total. The molecule has 2 rings (SSSR count). The van der Waals surface area contributed by atoms with Crippen LogP contribution in [0.1, 0.15) is 18.9 Å². The van der Waals surface area contributed by atoms with E-state index in [0.29, 0.717) is 4.47 Å². The fourth-order valence-corrected chi connectivity index (χ4v) is 3.24. The van der Waals surface area contributed by atoms with Crippen LogP contribution in [0.15, 0.2) is 22.7 Å². The first-order valence-corrected chi connectivity index (χ1v) is 7.40. The van der Waals surface area contributed by atoms with Crippen molar-refractivity contribution < 1.29 is 27.1 Å². The SMILES string of the molecule is CCC1(c2cc(Br)ccc2F)NC(=O)COC1(Cl)C(F)(F)F. The molecule has 1 aromatic rings. The van der Waals surface area contributed by atoms with Gasteiger partial charge in [-0.3, -0.25) is 4.79 Å². The number of benzene rings is 1. The molecule has 0 aromatic heterocycles. The Bertz CT molecular complexity index is 612. The summed E-state index contributed by atoms with van der Waals surface area (Å²) in [4.78, 5) is 11.6. The Hall–Kier alpha value is -0.860. The lowest BCUT2D eigenvalue weighted by atomic mass is 9.79. The minimum atomic E-state index is -5.03. The summed E-state index contributed by atoms with van der Waals surface area (Å²) in [6.07, 6.45) is -5.36. The highest BCUT2D eigenvalue weighted by Gasteiger charge is 2.70. The van der Waals surface area contributed by atoms with E-state index in [9.17, 15) is 22.4 Å². The molecular formula is C13H11BrClF4NO2. The van der Waals surface area contributed by atoms with E-state index in [0.717, 1.165) is 12.1 Å². The lowest BCUT2D eigenvalue weighted by molar-refractivity contribution is -0.277. The largest absolute Gasteiger partial charge is 0.434 e. The van der Waals surface area contributed by atoms with Crippen molar-refractivity contribution in [3.05, 3.63) is 34.1 Å². The van der Waals surface area contributed by atoms with E-state index in [2.05, 4.69) is 26.0 Å². The van der Waals surface area contributed by atoms with Crippen LogP contribution in [0, 0.1) is 5.82 Å². The molecule has 1 saturated heterocycles. The molecule has 0 bridgehead atoms. The van der Waals surface area contributed by atoms with Gasteiger partial charge in [0.05, 0.1) is 0 Å². The van der Waals surface area contributed by atoms with Crippen molar-refractivity contribution in [3.63, 3.8) is 0 Å². The minimum Gasteiger partial charge on any atom is -0.340 e. The molecule has 1 amide bonds. The summed E-state index contributed by atoms with van der Waals surface area (Å²) >= 11 is 8.83. The number of alkyl halides is 4. The average Bonchev–Trinajstić information content (AvgIpc) is 2.43. The lowest BCUT2D eigenvalue weighted by Crippen LogP contribution is -2.70. The minimum absolute atomic E-state index is 0.324. The van der Waals surface area contributed by atoms with E-state index >= 15 is 0 Å². The van der Waals surface area contributed by atoms with Gasteiger partial charge in [-0.15, -0.1) is 0 Å². The first-order chi connectivity index (χ1) is 10.1. The molecule has 2 unspecified atom stereocenters. The Morgan fingerprint density at radius 3 is 2.64 bits per heavy atom.